The van der Waals surface area contributed by atoms with Crippen LogP contribution >= 0.6 is 11.3 Å². The van der Waals surface area contributed by atoms with Gasteiger partial charge >= 0.3 is 0 Å². The van der Waals surface area contributed by atoms with Crippen molar-refractivity contribution in [1.29, 1.82) is 0 Å². The molecule has 2 aliphatic heterocycles. The lowest BCUT2D eigenvalue weighted by Gasteiger charge is -2.42. The molecule has 1 N–H and O–H groups in total. The molecular formula is C13H21N3OS. The number of aliphatic hydroxyl groups excluding tert-OH is 1. The monoisotopic (exact) mass is 267 g/mol. The molecule has 100 valence electrons. The molecule has 1 aromatic rings. The summed E-state index contributed by atoms with van der Waals surface area (Å²) in [6, 6.07) is 1.24. The molecule has 1 aromatic heterocycles. The van der Waals surface area contributed by atoms with E-state index >= 15 is 0 Å². The maximum Gasteiger partial charge on any atom is 0.186 e. The Morgan fingerprint density at radius 3 is 3.00 bits per heavy atom. The molecule has 0 saturated carbocycles. The van der Waals surface area contributed by atoms with Crippen LogP contribution in [0.15, 0.2) is 0 Å². The number of aromatic nitrogens is 1. The van der Waals surface area contributed by atoms with E-state index in [1.54, 1.807) is 11.3 Å². The fourth-order valence-electron chi connectivity index (χ4n) is 3.14. The molecular weight excluding hydrogens is 246 g/mol. The van der Waals surface area contributed by atoms with Crippen LogP contribution in [0.2, 0.25) is 0 Å². The van der Waals surface area contributed by atoms with Crippen LogP contribution in [-0.2, 0) is 6.61 Å². The topological polar surface area (TPSA) is 39.6 Å². The van der Waals surface area contributed by atoms with Gasteiger partial charge in [-0.25, -0.2) is 4.98 Å². The van der Waals surface area contributed by atoms with Crippen molar-refractivity contribution in [2.24, 2.45) is 0 Å². The summed E-state index contributed by atoms with van der Waals surface area (Å²) in [5, 5.41) is 10.4. The number of rotatable bonds is 2. The molecule has 18 heavy (non-hydrogen) atoms. The molecule has 2 unspecified atom stereocenters. The van der Waals surface area contributed by atoms with Crippen LogP contribution in [0.4, 0.5) is 5.13 Å². The molecule has 3 heterocycles. The van der Waals surface area contributed by atoms with E-state index in [9.17, 15) is 5.11 Å². The molecule has 0 radical (unpaired) electrons. The minimum absolute atomic E-state index is 0.112. The SMILES string of the molecule is Cc1nc(N2CC3CCCN3CC2C)sc1CO. The highest BCUT2D eigenvalue weighted by molar-refractivity contribution is 7.15. The van der Waals surface area contributed by atoms with Gasteiger partial charge in [-0.05, 0) is 33.2 Å². The predicted octanol–water partition coefficient (Wildman–Crippen LogP) is 1.62. The van der Waals surface area contributed by atoms with Gasteiger partial charge in [0.25, 0.3) is 0 Å². The van der Waals surface area contributed by atoms with E-state index in [0.717, 1.165) is 28.8 Å². The second-order valence-corrected chi connectivity index (χ2v) is 6.52. The summed E-state index contributed by atoms with van der Waals surface area (Å²) in [6.07, 6.45) is 2.66. The summed E-state index contributed by atoms with van der Waals surface area (Å²) in [5.74, 6) is 0. The highest BCUT2D eigenvalue weighted by Gasteiger charge is 2.35. The number of anilines is 1. The largest absolute Gasteiger partial charge is 0.391 e. The van der Waals surface area contributed by atoms with E-state index < -0.39 is 0 Å². The second kappa shape index (κ2) is 4.79. The van der Waals surface area contributed by atoms with Crippen molar-refractivity contribution < 1.29 is 5.11 Å². The first-order valence-corrected chi connectivity index (χ1v) is 7.58. The Morgan fingerprint density at radius 2 is 2.28 bits per heavy atom. The van der Waals surface area contributed by atoms with Crippen LogP contribution in [0.25, 0.3) is 0 Å². The zero-order valence-corrected chi connectivity index (χ0v) is 11.9. The van der Waals surface area contributed by atoms with Gasteiger partial charge in [-0.2, -0.15) is 0 Å². The van der Waals surface area contributed by atoms with Gasteiger partial charge in [0.1, 0.15) is 0 Å². The summed E-state index contributed by atoms with van der Waals surface area (Å²) in [7, 11) is 0. The van der Waals surface area contributed by atoms with Crippen LogP contribution in [0, 0.1) is 6.92 Å². The first-order valence-electron chi connectivity index (χ1n) is 6.77. The lowest BCUT2D eigenvalue weighted by Crippen LogP contribution is -2.55. The van der Waals surface area contributed by atoms with Crippen molar-refractivity contribution >= 4 is 16.5 Å². The highest BCUT2D eigenvalue weighted by atomic mass is 32.1. The van der Waals surface area contributed by atoms with Crippen LogP contribution in [0.5, 0.6) is 0 Å². The number of thiazole rings is 1. The third-order valence-corrected chi connectivity index (χ3v) is 5.39. The molecule has 3 rings (SSSR count). The molecule has 2 fully saturated rings. The fourth-order valence-corrected chi connectivity index (χ4v) is 4.17. The number of nitrogens with zero attached hydrogens (tertiary/aromatic N) is 3. The summed E-state index contributed by atoms with van der Waals surface area (Å²) in [6.45, 7) is 7.89. The zero-order chi connectivity index (χ0) is 12.7. The Hall–Kier alpha value is -0.650. The molecule has 0 aliphatic carbocycles. The number of hydrogen-bond donors (Lipinski definition) is 1. The van der Waals surface area contributed by atoms with E-state index in [4.69, 9.17) is 0 Å². The molecule has 0 aromatic carbocycles. The van der Waals surface area contributed by atoms with Crippen LogP contribution in [0.1, 0.15) is 30.3 Å². The van der Waals surface area contributed by atoms with Gasteiger partial charge in [0.2, 0.25) is 0 Å². The number of aryl methyl sites for hydroxylation is 1. The first kappa shape index (κ1) is 12.4. The van der Waals surface area contributed by atoms with Crippen molar-refractivity contribution in [1.82, 2.24) is 9.88 Å². The average molecular weight is 267 g/mol. The maximum atomic E-state index is 9.29. The number of aliphatic hydroxyl groups is 1. The normalized spacial score (nSPS) is 28.7. The van der Waals surface area contributed by atoms with Crippen molar-refractivity contribution in [2.45, 2.75) is 45.4 Å². The Morgan fingerprint density at radius 1 is 1.44 bits per heavy atom. The van der Waals surface area contributed by atoms with Crippen LogP contribution < -0.4 is 4.90 Å². The van der Waals surface area contributed by atoms with Crippen LogP contribution in [-0.4, -0.2) is 46.7 Å². The van der Waals surface area contributed by atoms with Gasteiger partial charge in [-0.15, -0.1) is 0 Å². The third kappa shape index (κ3) is 2.04. The van der Waals surface area contributed by atoms with E-state index in [-0.39, 0.29) is 6.61 Å². The molecule has 2 saturated heterocycles. The van der Waals surface area contributed by atoms with Crippen molar-refractivity contribution in [3.05, 3.63) is 10.6 Å². The molecule has 0 spiro atoms. The molecule has 0 bridgehead atoms. The minimum Gasteiger partial charge on any atom is -0.391 e. The number of hydrogen-bond acceptors (Lipinski definition) is 5. The Labute approximate surface area is 112 Å². The van der Waals surface area contributed by atoms with Crippen molar-refractivity contribution in [2.75, 3.05) is 24.5 Å². The van der Waals surface area contributed by atoms with Gasteiger partial charge in [0.15, 0.2) is 5.13 Å². The minimum atomic E-state index is 0.112. The fraction of sp³-hybridized carbons (Fsp3) is 0.769. The third-order valence-electron chi connectivity index (χ3n) is 4.21. The van der Waals surface area contributed by atoms with E-state index in [0.29, 0.717) is 12.1 Å². The first-order chi connectivity index (χ1) is 8.69. The quantitative estimate of drug-likeness (QED) is 0.884. The van der Waals surface area contributed by atoms with Crippen molar-refractivity contribution in [3.63, 3.8) is 0 Å². The van der Waals surface area contributed by atoms with Crippen LogP contribution in [0.3, 0.4) is 0 Å². The second-order valence-electron chi connectivity index (χ2n) is 5.46. The van der Waals surface area contributed by atoms with Crippen molar-refractivity contribution in [3.8, 4) is 0 Å². The van der Waals surface area contributed by atoms with Gasteiger partial charge in [0, 0.05) is 25.2 Å². The molecule has 5 heteroatoms. The average Bonchev–Trinajstić information content (AvgIpc) is 2.93. The molecule has 2 atom stereocenters. The number of fused-ring (bicyclic) bond motifs is 1. The van der Waals surface area contributed by atoms with E-state index in [2.05, 4.69) is 21.7 Å². The van der Waals surface area contributed by atoms with E-state index in [1.165, 1.54) is 19.4 Å². The summed E-state index contributed by atoms with van der Waals surface area (Å²) < 4.78 is 0. The molecule has 2 aliphatic rings. The summed E-state index contributed by atoms with van der Waals surface area (Å²) >= 11 is 1.65. The molecule has 4 nitrogen and oxygen atoms in total. The Kier molecular flexibility index (Phi) is 3.30. The van der Waals surface area contributed by atoms with E-state index in [1.807, 2.05) is 6.92 Å². The summed E-state index contributed by atoms with van der Waals surface area (Å²) in [4.78, 5) is 10.7. The van der Waals surface area contributed by atoms with Gasteiger partial charge in [-0.1, -0.05) is 11.3 Å². The smallest absolute Gasteiger partial charge is 0.186 e. The Balaban J connectivity index is 1.82. The maximum absolute atomic E-state index is 9.29. The van der Waals surface area contributed by atoms with Gasteiger partial charge < -0.3 is 10.0 Å². The zero-order valence-electron chi connectivity index (χ0n) is 11.1. The van der Waals surface area contributed by atoms with Gasteiger partial charge in [0.05, 0.1) is 17.2 Å². The summed E-state index contributed by atoms with van der Waals surface area (Å²) in [5.41, 5.74) is 0.985. The number of piperazine rings is 1. The molecule has 0 amide bonds. The predicted molar refractivity (Wildman–Crippen MR) is 74.2 cm³/mol. The van der Waals surface area contributed by atoms with Gasteiger partial charge in [-0.3, -0.25) is 4.90 Å². The Bertz CT molecular complexity index is 434. The standard InChI is InChI=1S/C13H21N3OS/c1-9-6-15-5-3-4-11(15)7-16(9)13-14-10(2)12(8-17)18-13/h9,11,17H,3-8H2,1-2H3. The lowest BCUT2D eigenvalue weighted by molar-refractivity contribution is 0.203. The lowest BCUT2D eigenvalue weighted by atomic mass is 10.1. The highest BCUT2D eigenvalue weighted by Crippen LogP contribution is 2.32.